The fraction of sp³-hybridized carbons (Fsp3) is 0.400. The Morgan fingerprint density at radius 3 is 2.56 bits per heavy atom. The molecule has 0 spiro atoms. The predicted molar refractivity (Wildman–Crippen MR) is 109 cm³/mol. The van der Waals surface area contributed by atoms with Crippen LogP contribution in [0.3, 0.4) is 0 Å². The van der Waals surface area contributed by atoms with E-state index in [1.54, 1.807) is 6.20 Å². The van der Waals surface area contributed by atoms with Gasteiger partial charge in [0.05, 0.1) is 0 Å². The van der Waals surface area contributed by atoms with E-state index in [0.29, 0.717) is 5.11 Å². The number of halogens is 1. The summed E-state index contributed by atoms with van der Waals surface area (Å²) in [6.45, 7) is 2.87. The number of benzene rings is 1. The van der Waals surface area contributed by atoms with Crippen LogP contribution in [0.15, 0.2) is 42.6 Å². The number of nitrogens with one attached hydrogen (secondary N) is 2. The van der Waals surface area contributed by atoms with Gasteiger partial charge in [-0.1, -0.05) is 43.0 Å². The molecule has 0 unspecified atom stereocenters. The molecule has 1 aromatic heterocycles. The first-order chi connectivity index (χ1) is 12.1. The highest BCUT2D eigenvalue weighted by molar-refractivity contribution is 7.80. The molecule has 0 amide bonds. The van der Waals surface area contributed by atoms with Crippen molar-refractivity contribution >= 4 is 34.7 Å². The van der Waals surface area contributed by atoms with Gasteiger partial charge in [0.25, 0.3) is 0 Å². The van der Waals surface area contributed by atoms with Gasteiger partial charge in [0.15, 0.2) is 5.11 Å². The van der Waals surface area contributed by atoms with Crippen LogP contribution in [0.5, 0.6) is 0 Å². The topological polar surface area (TPSA) is 37.0 Å². The Kier molecular flexibility index (Phi) is 5.92. The minimum Gasteiger partial charge on any atom is -0.362 e. The summed E-state index contributed by atoms with van der Waals surface area (Å²) in [7, 11) is 0. The number of nitrogens with zero attached hydrogens (tertiary/aromatic N) is 1. The second kappa shape index (κ2) is 8.15. The molecule has 0 bridgehead atoms. The first-order valence-electron chi connectivity index (χ1n) is 8.81. The van der Waals surface area contributed by atoms with Gasteiger partial charge in [-0.3, -0.25) is 0 Å². The maximum absolute atomic E-state index is 6.07. The quantitative estimate of drug-likeness (QED) is 0.719. The Hall–Kier alpha value is -1.65. The first-order valence-corrected chi connectivity index (χ1v) is 9.60. The van der Waals surface area contributed by atoms with Crippen molar-refractivity contribution < 1.29 is 0 Å². The second-order valence-corrected chi connectivity index (χ2v) is 7.72. The molecule has 1 aliphatic rings. The largest absolute Gasteiger partial charge is 0.362 e. The molecule has 0 saturated heterocycles. The lowest BCUT2D eigenvalue weighted by Gasteiger charge is -2.38. The van der Waals surface area contributed by atoms with E-state index in [-0.39, 0.29) is 5.41 Å². The maximum Gasteiger partial charge on any atom is 0.171 e. The van der Waals surface area contributed by atoms with Crippen LogP contribution in [0.4, 0.5) is 5.82 Å². The summed E-state index contributed by atoms with van der Waals surface area (Å²) in [6, 6.07) is 12.3. The van der Waals surface area contributed by atoms with Crippen molar-refractivity contribution in [2.75, 3.05) is 11.9 Å². The third-order valence-corrected chi connectivity index (χ3v) is 5.51. The highest BCUT2D eigenvalue weighted by Crippen LogP contribution is 2.39. The van der Waals surface area contributed by atoms with Crippen LogP contribution < -0.4 is 10.6 Å². The van der Waals surface area contributed by atoms with E-state index in [1.807, 2.05) is 31.2 Å². The van der Waals surface area contributed by atoms with Gasteiger partial charge in [0.1, 0.15) is 5.82 Å². The summed E-state index contributed by atoms with van der Waals surface area (Å²) in [5, 5.41) is 8.01. The molecule has 2 N–H and O–H groups in total. The van der Waals surface area contributed by atoms with Gasteiger partial charge >= 0.3 is 0 Å². The monoisotopic (exact) mass is 373 g/mol. The molecule has 132 valence electrons. The van der Waals surface area contributed by atoms with E-state index >= 15 is 0 Å². The third kappa shape index (κ3) is 4.71. The summed E-state index contributed by atoms with van der Waals surface area (Å²) in [4.78, 5) is 4.31. The Labute approximate surface area is 160 Å². The van der Waals surface area contributed by atoms with Crippen molar-refractivity contribution in [2.45, 2.75) is 44.4 Å². The number of thiocarbonyl (C=S) groups is 1. The van der Waals surface area contributed by atoms with E-state index in [0.717, 1.165) is 22.9 Å². The maximum atomic E-state index is 6.07. The summed E-state index contributed by atoms with van der Waals surface area (Å²) in [6.07, 6.45) is 7.95. The lowest BCUT2D eigenvalue weighted by Crippen LogP contribution is -2.43. The van der Waals surface area contributed by atoms with Crippen molar-refractivity contribution in [1.82, 2.24) is 10.3 Å². The Bertz CT molecular complexity index is 724. The van der Waals surface area contributed by atoms with Gasteiger partial charge in [-0.15, -0.1) is 0 Å². The fourth-order valence-electron chi connectivity index (χ4n) is 3.61. The summed E-state index contributed by atoms with van der Waals surface area (Å²) in [5.41, 5.74) is 2.63. The molecule has 1 aromatic carbocycles. The van der Waals surface area contributed by atoms with Crippen LogP contribution in [0.25, 0.3) is 0 Å². The van der Waals surface area contributed by atoms with Gasteiger partial charge in [0, 0.05) is 23.2 Å². The lowest BCUT2D eigenvalue weighted by atomic mass is 9.69. The van der Waals surface area contributed by atoms with Crippen molar-refractivity contribution in [1.29, 1.82) is 0 Å². The van der Waals surface area contributed by atoms with E-state index in [9.17, 15) is 0 Å². The smallest absolute Gasteiger partial charge is 0.171 e. The number of rotatable bonds is 4. The van der Waals surface area contributed by atoms with Gasteiger partial charge in [-0.05, 0) is 67.4 Å². The van der Waals surface area contributed by atoms with Gasteiger partial charge in [-0.25, -0.2) is 4.98 Å². The zero-order valence-electron chi connectivity index (χ0n) is 14.5. The van der Waals surface area contributed by atoms with Gasteiger partial charge in [-0.2, -0.15) is 0 Å². The Morgan fingerprint density at radius 1 is 1.16 bits per heavy atom. The van der Waals surface area contributed by atoms with Crippen molar-refractivity contribution in [3.63, 3.8) is 0 Å². The van der Waals surface area contributed by atoms with E-state index in [2.05, 4.69) is 27.8 Å². The Balaban J connectivity index is 1.68. The number of hydrogen-bond donors (Lipinski definition) is 2. The second-order valence-electron chi connectivity index (χ2n) is 6.87. The molecule has 1 heterocycles. The van der Waals surface area contributed by atoms with Crippen LogP contribution in [-0.4, -0.2) is 16.6 Å². The minimum atomic E-state index is 0.120. The zero-order valence-corrected chi connectivity index (χ0v) is 16.1. The molecule has 1 saturated carbocycles. The van der Waals surface area contributed by atoms with Crippen molar-refractivity contribution in [2.24, 2.45) is 0 Å². The molecule has 2 aromatic rings. The van der Waals surface area contributed by atoms with Crippen LogP contribution in [0.2, 0.25) is 5.02 Å². The number of hydrogen-bond acceptors (Lipinski definition) is 2. The fourth-order valence-corrected chi connectivity index (χ4v) is 3.92. The Morgan fingerprint density at radius 2 is 1.88 bits per heavy atom. The number of aromatic nitrogens is 1. The van der Waals surface area contributed by atoms with E-state index in [1.165, 1.54) is 37.7 Å². The minimum absolute atomic E-state index is 0.120. The average Bonchev–Trinajstić information content (AvgIpc) is 2.61. The van der Waals surface area contributed by atoms with E-state index < -0.39 is 0 Å². The molecular weight excluding hydrogens is 350 g/mol. The highest BCUT2D eigenvalue weighted by Gasteiger charge is 2.33. The SMILES string of the molecule is Cc1ccnc(NC(=S)NCC2(c3ccc(Cl)cc3)CCCCC2)c1. The average molecular weight is 374 g/mol. The molecule has 0 radical (unpaired) electrons. The number of aryl methyl sites for hydroxylation is 1. The molecule has 1 aliphatic carbocycles. The van der Waals surface area contributed by atoms with Crippen molar-refractivity contribution in [3.05, 3.63) is 58.7 Å². The summed E-state index contributed by atoms with van der Waals surface area (Å²) in [5.74, 6) is 0.779. The normalized spacial score (nSPS) is 16.2. The molecule has 0 atom stereocenters. The lowest BCUT2D eigenvalue weighted by molar-refractivity contribution is 0.292. The molecule has 3 nitrogen and oxygen atoms in total. The van der Waals surface area contributed by atoms with Gasteiger partial charge in [0.2, 0.25) is 0 Å². The van der Waals surface area contributed by atoms with Crippen molar-refractivity contribution in [3.8, 4) is 0 Å². The third-order valence-electron chi connectivity index (χ3n) is 5.01. The van der Waals surface area contributed by atoms with Gasteiger partial charge < -0.3 is 10.6 Å². The predicted octanol–water partition coefficient (Wildman–Crippen LogP) is 5.23. The molecule has 1 fully saturated rings. The van der Waals surface area contributed by atoms with Crippen LogP contribution in [0, 0.1) is 6.92 Å². The van der Waals surface area contributed by atoms with Crippen LogP contribution in [-0.2, 0) is 5.41 Å². The first kappa shape index (κ1) is 18.2. The molecule has 25 heavy (non-hydrogen) atoms. The molecule has 5 heteroatoms. The molecule has 3 rings (SSSR count). The van der Waals surface area contributed by atoms with E-state index in [4.69, 9.17) is 23.8 Å². The summed E-state index contributed by atoms with van der Waals surface area (Å²) < 4.78 is 0. The zero-order chi connectivity index (χ0) is 17.7. The highest BCUT2D eigenvalue weighted by atomic mass is 35.5. The van der Waals surface area contributed by atoms with Crippen LogP contribution >= 0.6 is 23.8 Å². The number of pyridine rings is 1. The number of anilines is 1. The molecule has 0 aliphatic heterocycles. The molecular formula is C20H24ClN3S. The van der Waals surface area contributed by atoms with Crippen LogP contribution in [0.1, 0.15) is 43.2 Å². The standard InChI is InChI=1S/C20H24ClN3S/c1-15-9-12-22-18(13-15)24-19(25)23-14-20(10-3-2-4-11-20)16-5-7-17(21)8-6-16/h5-9,12-13H,2-4,10-11,14H2,1H3,(H2,22,23,24,25). The summed E-state index contributed by atoms with van der Waals surface area (Å²) >= 11 is 11.6.